The van der Waals surface area contributed by atoms with Gasteiger partial charge >= 0.3 is 0 Å². The molecule has 218 valence electrons. The van der Waals surface area contributed by atoms with E-state index >= 15 is 0 Å². The first-order valence-corrected chi connectivity index (χ1v) is 16.1. The minimum absolute atomic E-state index is 0.332. The van der Waals surface area contributed by atoms with Crippen LogP contribution in [0.2, 0.25) is 0 Å². The van der Waals surface area contributed by atoms with E-state index in [9.17, 15) is 4.79 Å². The van der Waals surface area contributed by atoms with E-state index in [0.29, 0.717) is 24.2 Å². The molecule has 1 heterocycles. The van der Waals surface area contributed by atoms with Crippen molar-refractivity contribution in [2.75, 3.05) is 0 Å². The zero-order chi connectivity index (χ0) is 31.2. The molecule has 0 spiro atoms. The highest BCUT2D eigenvalue weighted by Crippen LogP contribution is 2.43. The lowest BCUT2D eigenvalue weighted by Gasteiger charge is -2.11. The molecule has 4 nitrogen and oxygen atoms in total. The highest BCUT2D eigenvalue weighted by molar-refractivity contribution is 9.10. The topological polar surface area (TPSA) is 66.6 Å². The molecule has 0 atom stereocenters. The number of hydrogen-bond donors (Lipinski definition) is 0. The molecule has 0 N–H and O–H groups in total. The Morgan fingerprint density at radius 3 is 1.82 bits per heavy atom. The summed E-state index contributed by atoms with van der Waals surface area (Å²) in [5, 5.41) is 8.29. The van der Waals surface area contributed by atoms with E-state index < -0.39 is 0 Å². The first-order valence-electron chi connectivity index (χ1n) is 14.5. The molecule has 45 heavy (non-hydrogen) atoms. The Labute approximate surface area is 279 Å². The van der Waals surface area contributed by atoms with Crippen molar-refractivity contribution in [2.45, 2.75) is 19.3 Å². The molecule has 1 aromatic heterocycles. The number of aromatic nitrogens is 2. The SMILES string of the molecule is Brc1ccc2c(c1)-c1c(nc(-c3ccccc3)nc1-c1ccccc1)C2.N#Cc1ccccc1.O=C1Cc2ccc(Br)cc2C1. The van der Waals surface area contributed by atoms with Crippen molar-refractivity contribution in [3.8, 4) is 39.8 Å². The summed E-state index contributed by atoms with van der Waals surface area (Å²) in [6, 6.07) is 44.2. The molecule has 6 aromatic rings. The molecule has 0 unspecified atom stereocenters. The van der Waals surface area contributed by atoms with Gasteiger partial charge in [-0.05, 0) is 58.7 Å². The second kappa shape index (κ2) is 13.9. The molecule has 0 fully saturated rings. The second-order valence-electron chi connectivity index (χ2n) is 10.7. The van der Waals surface area contributed by atoms with Crippen molar-refractivity contribution >= 4 is 37.6 Å². The number of ketones is 1. The molecule has 0 aliphatic heterocycles. The number of hydrogen-bond acceptors (Lipinski definition) is 4. The van der Waals surface area contributed by atoms with Crippen LogP contribution in [0.3, 0.4) is 0 Å². The number of benzene rings is 5. The van der Waals surface area contributed by atoms with Gasteiger partial charge in [0.05, 0.1) is 23.0 Å². The zero-order valence-electron chi connectivity index (χ0n) is 24.3. The average molecular weight is 713 g/mol. The van der Waals surface area contributed by atoms with E-state index in [1.54, 1.807) is 12.1 Å². The van der Waals surface area contributed by atoms with Gasteiger partial charge in [-0.3, -0.25) is 4.79 Å². The van der Waals surface area contributed by atoms with Gasteiger partial charge in [0.2, 0.25) is 0 Å². The van der Waals surface area contributed by atoms with Crippen LogP contribution in [-0.2, 0) is 24.1 Å². The number of nitrogens with zero attached hydrogens (tertiary/aromatic N) is 3. The number of rotatable bonds is 2. The third-order valence-corrected chi connectivity index (χ3v) is 8.60. The largest absolute Gasteiger partial charge is 0.299 e. The van der Waals surface area contributed by atoms with E-state index in [-0.39, 0.29) is 0 Å². The monoisotopic (exact) mass is 711 g/mol. The Morgan fingerprint density at radius 2 is 1.18 bits per heavy atom. The summed E-state index contributed by atoms with van der Waals surface area (Å²) in [5.41, 5.74) is 11.1. The van der Waals surface area contributed by atoms with E-state index in [2.05, 4.69) is 86.5 Å². The molecular formula is C39H27Br2N3O. The third kappa shape index (κ3) is 7.17. The Morgan fingerprint density at radius 1 is 0.600 bits per heavy atom. The van der Waals surface area contributed by atoms with Gasteiger partial charge in [0.15, 0.2) is 5.82 Å². The first kappa shape index (κ1) is 30.3. The van der Waals surface area contributed by atoms with Crippen molar-refractivity contribution in [3.63, 3.8) is 0 Å². The van der Waals surface area contributed by atoms with Crippen LogP contribution in [0.15, 0.2) is 136 Å². The Balaban J connectivity index is 0.000000153. The lowest BCUT2D eigenvalue weighted by molar-refractivity contribution is -0.117. The number of halogens is 2. The lowest BCUT2D eigenvalue weighted by Crippen LogP contribution is -1.99. The fourth-order valence-electron chi connectivity index (χ4n) is 5.49. The van der Waals surface area contributed by atoms with Gasteiger partial charge in [0, 0.05) is 44.9 Å². The summed E-state index contributed by atoms with van der Waals surface area (Å²) in [5.74, 6) is 1.12. The maximum Gasteiger partial charge on any atom is 0.160 e. The van der Waals surface area contributed by atoms with E-state index in [4.69, 9.17) is 15.2 Å². The quantitative estimate of drug-likeness (QED) is 0.179. The number of Topliss-reactive ketones (excluding diaryl/α,β-unsaturated/α-hetero) is 1. The van der Waals surface area contributed by atoms with Crippen molar-refractivity contribution in [1.82, 2.24) is 9.97 Å². The molecule has 0 saturated heterocycles. The van der Waals surface area contributed by atoms with Crippen LogP contribution in [-0.4, -0.2) is 15.8 Å². The molecule has 2 aliphatic rings. The van der Waals surface area contributed by atoms with Gasteiger partial charge in [0.1, 0.15) is 5.78 Å². The summed E-state index contributed by atoms with van der Waals surface area (Å²) in [6.07, 6.45) is 2.09. The summed E-state index contributed by atoms with van der Waals surface area (Å²) < 4.78 is 2.14. The van der Waals surface area contributed by atoms with Gasteiger partial charge in [-0.1, -0.05) is 123 Å². The molecule has 5 aromatic carbocycles. The number of carbonyl (C=O) groups is 1. The average Bonchev–Trinajstić information content (AvgIpc) is 3.64. The first-order chi connectivity index (χ1) is 22.0. The predicted molar refractivity (Wildman–Crippen MR) is 187 cm³/mol. The fraction of sp³-hybridized carbons (Fsp3) is 0.0769. The molecule has 0 radical (unpaired) electrons. The predicted octanol–water partition coefficient (Wildman–Crippen LogP) is 9.82. The highest BCUT2D eigenvalue weighted by Gasteiger charge is 2.26. The van der Waals surface area contributed by atoms with Crippen LogP contribution in [0.5, 0.6) is 0 Å². The third-order valence-electron chi connectivity index (χ3n) is 7.61. The minimum atomic E-state index is 0.332. The van der Waals surface area contributed by atoms with Crippen LogP contribution in [0.1, 0.15) is 27.9 Å². The van der Waals surface area contributed by atoms with Crippen LogP contribution in [0, 0.1) is 11.3 Å². The maximum absolute atomic E-state index is 11.0. The van der Waals surface area contributed by atoms with Gasteiger partial charge in [-0.2, -0.15) is 5.26 Å². The lowest BCUT2D eigenvalue weighted by atomic mass is 10.0. The Hall–Kier alpha value is -4.70. The number of nitriles is 1. The van der Waals surface area contributed by atoms with E-state index in [0.717, 1.165) is 49.3 Å². The van der Waals surface area contributed by atoms with Gasteiger partial charge in [0.25, 0.3) is 0 Å². The minimum Gasteiger partial charge on any atom is -0.299 e. The van der Waals surface area contributed by atoms with Crippen LogP contribution >= 0.6 is 31.9 Å². The van der Waals surface area contributed by atoms with Crippen LogP contribution in [0.4, 0.5) is 0 Å². The second-order valence-corrected chi connectivity index (χ2v) is 12.5. The summed E-state index contributed by atoms with van der Waals surface area (Å²) in [7, 11) is 0. The van der Waals surface area contributed by atoms with Crippen molar-refractivity contribution in [2.24, 2.45) is 0 Å². The molecule has 8 rings (SSSR count). The van der Waals surface area contributed by atoms with Gasteiger partial charge in [-0.15, -0.1) is 0 Å². The van der Waals surface area contributed by atoms with Gasteiger partial charge < -0.3 is 0 Å². The standard InChI is InChI=1S/C23H15BrN2.C9H7BrO.C7H5N/c24-18-12-11-17-13-20-21(19(17)14-18)22(15-7-3-1-4-8-15)26-23(25-20)16-9-5-2-6-10-16;10-8-2-1-6-4-9(11)5-7(6)3-8;8-6-7-4-2-1-3-5-7/h1-12,14H,13H2;1-3H,4-5H2;1-5H. The van der Waals surface area contributed by atoms with Crippen LogP contribution in [0.25, 0.3) is 33.8 Å². The van der Waals surface area contributed by atoms with Crippen LogP contribution < -0.4 is 0 Å². The number of fused-ring (bicyclic) bond motifs is 4. The van der Waals surface area contributed by atoms with Crippen molar-refractivity contribution in [3.05, 3.63) is 164 Å². The smallest absolute Gasteiger partial charge is 0.160 e. The molecule has 6 heteroatoms. The molecule has 2 aliphatic carbocycles. The van der Waals surface area contributed by atoms with Crippen molar-refractivity contribution in [1.29, 1.82) is 5.26 Å². The normalized spacial score (nSPS) is 12.0. The van der Waals surface area contributed by atoms with Gasteiger partial charge in [-0.25, -0.2) is 9.97 Å². The summed E-state index contributed by atoms with van der Waals surface area (Å²) >= 11 is 6.98. The Kier molecular flexibility index (Phi) is 9.40. The van der Waals surface area contributed by atoms with E-state index in [1.165, 1.54) is 22.3 Å². The fourth-order valence-corrected chi connectivity index (χ4v) is 6.26. The maximum atomic E-state index is 11.0. The van der Waals surface area contributed by atoms with E-state index in [1.807, 2.05) is 66.7 Å². The molecule has 0 saturated carbocycles. The summed E-state index contributed by atoms with van der Waals surface area (Å²) in [4.78, 5) is 20.9. The molecule has 0 bridgehead atoms. The van der Waals surface area contributed by atoms with Crippen molar-refractivity contribution < 1.29 is 4.79 Å². The highest BCUT2D eigenvalue weighted by atomic mass is 79.9. The summed E-state index contributed by atoms with van der Waals surface area (Å²) in [6.45, 7) is 0. The molecule has 0 amide bonds. The number of carbonyl (C=O) groups excluding carboxylic acids is 1. The Bertz CT molecular complexity index is 2020. The molecular weight excluding hydrogens is 686 g/mol. The zero-order valence-corrected chi connectivity index (χ0v) is 27.4.